The Labute approximate surface area is 53.2 Å². The molecule has 0 aromatic carbocycles. The summed E-state index contributed by atoms with van der Waals surface area (Å²) in [6.07, 6.45) is 0. The van der Waals surface area contributed by atoms with Crippen LogP contribution < -0.4 is 18.8 Å². The molecule has 0 aromatic heterocycles. The van der Waals surface area contributed by atoms with Gasteiger partial charge in [-0.3, -0.25) is 0 Å². The van der Waals surface area contributed by atoms with Crippen LogP contribution in [-0.4, -0.2) is 0 Å². The summed E-state index contributed by atoms with van der Waals surface area (Å²) in [5, 5.41) is 0. The van der Waals surface area contributed by atoms with Crippen LogP contribution in [0.4, 0.5) is 0 Å². The molecule has 0 N–H and O–H groups in total. The molecule has 6 heavy (non-hydrogen) atoms. The predicted molar refractivity (Wildman–Crippen MR) is 0 cm³/mol. The zero-order chi connectivity index (χ0) is 0. The van der Waals surface area contributed by atoms with Crippen LogP contribution in [0.2, 0.25) is 0 Å². The second-order valence-electron chi connectivity index (χ2n) is 0. The molecule has 0 rings (SSSR count). The van der Waals surface area contributed by atoms with Crippen molar-refractivity contribution in [3.05, 3.63) is 0 Å². The Kier molecular flexibility index (Phi) is 15500. The molecule has 0 bridgehead atoms. The van der Waals surface area contributed by atoms with E-state index in [0.717, 1.165) is 0 Å². The van der Waals surface area contributed by atoms with Crippen LogP contribution in [0.1, 0.15) is 0 Å². The summed E-state index contributed by atoms with van der Waals surface area (Å²) in [6.45, 7) is 0. The maximum atomic E-state index is 0. The third kappa shape index (κ3) is 120. The van der Waals surface area contributed by atoms with Crippen LogP contribution in [0.5, 0.6) is 0 Å². The Morgan fingerprint density at radius 1 is 0.500 bits per heavy atom. The van der Waals surface area contributed by atoms with Gasteiger partial charge in [-0.2, -0.15) is 0 Å². The van der Waals surface area contributed by atoms with Gasteiger partial charge in [0.2, 0.25) is 0 Å². The van der Waals surface area contributed by atoms with Gasteiger partial charge in [0.05, 0.1) is 0 Å². The molecule has 6 heteroatoms. The van der Waals surface area contributed by atoms with E-state index in [0.29, 0.717) is 0 Å². The fourth-order valence-electron chi connectivity index (χ4n) is 0. The first-order valence-corrected chi connectivity index (χ1v) is 0. The van der Waals surface area contributed by atoms with Gasteiger partial charge in [0.25, 0.3) is 0 Å². The average Bonchev–Trinajstić information content (AvgIpc) is 0. The largest absolute Gasteiger partial charge is 2.00 e. The predicted octanol–water partition coefficient (Wildman–Crippen LogP) is -12.0. The van der Waals surface area contributed by atoms with E-state index < -0.39 is 0 Å². The number of hydrogen-bond acceptors (Lipinski definition) is 0. The quantitative estimate of drug-likeness (QED) is 0.268. The third-order valence-corrected chi connectivity index (χ3v) is 0. The Morgan fingerprint density at radius 2 is 0.500 bits per heavy atom. The van der Waals surface area contributed by atoms with E-state index in [4.69, 9.17) is 0 Å². The topological polar surface area (TPSA) is 0 Å². The van der Waals surface area contributed by atoms with Crippen molar-refractivity contribution in [2.75, 3.05) is 0 Å². The number of hydrogen-bond donors (Lipinski definition) is 0. The first kappa shape index (κ1) is 400. The first-order valence-electron chi connectivity index (χ1n) is 0. The molecule has 0 aromatic rings. The fourth-order valence-corrected chi connectivity index (χ4v) is 0. The smallest absolute Gasteiger partial charge is 1.00 e. The molecule has 0 aliphatic heterocycles. The molecular weight excluding hydrogens is 198 g/mol. The molecule has 0 aliphatic carbocycles. The second kappa shape index (κ2) is 233. The van der Waals surface area contributed by atoms with Crippen molar-refractivity contribution in [3.8, 4) is 0 Å². The number of rotatable bonds is 0. The molecule has 0 spiro atoms. The summed E-state index contributed by atoms with van der Waals surface area (Å²) < 4.78 is 0. The molecule has 0 saturated heterocycles. The summed E-state index contributed by atoms with van der Waals surface area (Å²) in [7, 11) is 0. The minimum atomic E-state index is 0. The van der Waals surface area contributed by atoms with E-state index in [-0.39, 0.29) is 52.7 Å². The van der Waals surface area contributed by atoms with Crippen molar-refractivity contribution in [2.45, 2.75) is 0 Å². The fraction of sp³-hybridized carbons (Fsp3) is 0. The molecule has 0 nitrogen and oxygen atoms in total. The maximum absolute atomic E-state index is 0. The van der Waals surface area contributed by atoms with Crippen molar-refractivity contribution < 1.29 is 52.7 Å². The van der Waals surface area contributed by atoms with Gasteiger partial charge in [0.15, 0.2) is 0 Å². The van der Waals surface area contributed by atoms with Crippen LogP contribution in [0, 0.1) is 0 Å². The molecule has 0 atom stereocenters. The molecule has 0 amide bonds. The molecule has 0 heterocycles. The van der Waals surface area contributed by atoms with Gasteiger partial charge < -0.3 is 18.8 Å². The summed E-state index contributed by atoms with van der Waals surface area (Å²) in [4.78, 5) is 0. The van der Waals surface area contributed by atoms with Crippen molar-refractivity contribution in [3.63, 3.8) is 0 Å². The van der Waals surface area contributed by atoms with Crippen LogP contribution >= 0.6 is 0 Å². The van der Waals surface area contributed by atoms with Gasteiger partial charge in [-0.15, -0.1) is 0 Å². The van der Waals surface area contributed by atoms with Gasteiger partial charge >= 0.3 is 33.8 Å². The van der Waals surface area contributed by atoms with E-state index in [1.54, 1.807) is 0 Å². The van der Waals surface area contributed by atoms with Crippen LogP contribution in [0.3, 0.4) is 0 Å². The second-order valence-corrected chi connectivity index (χ2v) is 0. The van der Waals surface area contributed by atoms with Crippen molar-refractivity contribution in [1.82, 2.24) is 0 Å². The van der Waals surface area contributed by atoms with Crippen LogP contribution in [0.15, 0.2) is 0 Å². The van der Waals surface area contributed by atoms with Gasteiger partial charge in [-0.25, -0.2) is 0 Å². The van der Waals surface area contributed by atoms with E-state index in [2.05, 4.69) is 0 Å². The summed E-state index contributed by atoms with van der Waals surface area (Å²) >= 11 is 0. The number of halogens is 4. The third-order valence-electron chi connectivity index (χ3n) is 0. The first-order chi connectivity index (χ1) is 0. The summed E-state index contributed by atoms with van der Waals surface area (Å²) in [6, 6.07) is 0. The standard InChI is InChI=1S/Co.Cu.4FH/h;;4*1H/q2*+2;;;;/p-4. The van der Waals surface area contributed by atoms with E-state index >= 15 is 0 Å². The van der Waals surface area contributed by atoms with E-state index in [9.17, 15) is 0 Å². The Balaban J connectivity index is 0. The van der Waals surface area contributed by atoms with Gasteiger partial charge in [-0.05, 0) is 0 Å². The molecule has 0 fully saturated rings. The maximum Gasteiger partial charge on any atom is 2.00 e. The molecule has 48 valence electrons. The molecule has 0 saturated carbocycles. The molecule has 2 radical (unpaired) electrons. The Morgan fingerprint density at radius 3 is 0.500 bits per heavy atom. The monoisotopic (exact) mass is 198 g/mol. The van der Waals surface area contributed by atoms with Crippen molar-refractivity contribution in [2.24, 2.45) is 0 Å². The van der Waals surface area contributed by atoms with Crippen molar-refractivity contribution >= 4 is 0 Å². The minimum absolute atomic E-state index is 0. The SMILES string of the molecule is [Co+2].[Cu+2].[F-].[F-].[F-].[F-]. The van der Waals surface area contributed by atoms with Crippen LogP contribution in [-0.2, 0) is 33.8 Å². The summed E-state index contributed by atoms with van der Waals surface area (Å²) in [5.74, 6) is 0. The molecule has 0 unspecified atom stereocenters. The van der Waals surface area contributed by atoms with Gasteiger partial charge in [0, 0.05) is 0 Å². The van der Waals surface area contributed by atoms with Crippen LogP contribution in [0.25, 0.3) is 0 Å². The van der Waals surface area contributed by atoms with E-state index in [1.807, 2.05) is 0 Å². The average molecular weight is 198 g/mol. The van der Waals surface area contributed by atoms with Crippen molar-refractivity contribution in [1.29, 1.82) is 0 Å². The zero-order valence-electron chi connectivity index (χ0n) is 2.15. The Bertz CT molecular complexity index is 7.51. The van der Waals surface area contributed by atoms with Gasteiger partial charge in [-0.1, -0.05) is 0 Å². The van der Waals surface area contributed by atoms with Gasteiger partial charge in [0.1, 0.15) is 0 Å². The summed E-state index contributed by atoms with van der Waals surface area (Å²) in [5.41, 5.74) is 0. The minimum Gasteiger partial charge on any atom is -1.00 e. The van der Waals surface area contributed by atoms with E-state index in [1.165, 1.54) is 0 Å². The molecular formula is CoCuF4. The Hall–Kier alpha value is 0.746. The normalized spacial score (nSPS) is 0. The molecule has 0 aliphatic rings. The zero-order valence-corrected chi connectivity index (χ0v) is 4.13.